The molecule has 1 saturated heterocycles. The van der Waals surface area contributed by atoms with Gasteiger partial charge in [-0.05, 0) is 50.9 Å². The number of aliphatic hydroxyl groups excluding tert-OH is 1. The van der Waals surface area contributed by atoms with Crippen molar-refractivity contribution in [2.45, 2.75) is 94.9 Å². The molecule has 4 N–H and O–H groups in total. The minimum atomic E-state index is -3.59. The summed E-state index contributed by atoms with van der Waals surface area (Å²) in [5.41, 5.74) is 5.03. The lowest BCUT2D eigenvalue weighted by molar-refractivity contribution is -0.137. The quantitative estimate of drug-likeness (QED) is 0.282. The summed E-state index contributed by atoms with van der Waals surface area (Å²) in [6.45, 7) is 3.80. The predicted molar refractivity (Wildman–Crippen MR) is 123 cm³/mol. The van der Waals surface area contributed by atoms with Crippen LogP contribution < -0.4 is 10.5 Å². The van der Waals surface area contributed by atoms with Gasteiger partial charge < -0.3 is 15.7 Å². The van der Waals surface area contributed by atoms with Crippen molar-refractivity contribution in [3.05, 3.63) is 12.2 Å². The normalized spacial score (nSPS) is 30.4. The van der Waals surface area contributed by atoms with Crippen LogP contribution in [0.25, 0.3) is 0 Å². The molecule has 0 aromatic carbocycles. The van der Waals surface area contributed by atoms with Crippen molar-refractivity contribution in [3.63, 3.8) is 0 Å². The molecule has 0 bridgehead atoms. The first-order chi connectivity index (χ1) is 15.4. The summed E-state index contributed by atoms with van der Waals surface area (Å²) in [5, 5.41) is 9.70. The maximum absolute atomic E-state index is 12.3. The molecule has 0 aromatic heterocycles. The van der Waals surface area contributed by atoms with E-state index in [9.17, 15) is 27.9 Å². The van der Waals surface area contributed by atoms with Crippen molar-refractivity contribution >= 4 is 27.7 Å². The summed E-state index contributed by atoms with van der Waals surface area (Å²) in [6.07, 6.45) is 10.2. The zero-order valence-corrected chi connectivity index (χ0v) is 20.4. The number of hydrogen-bond acceptors (Lipinski definition) is 6. The van der Waals surface area contributed by atoms with Gasteiger partial charge >= 0.3 is 0 Å². The zero-order chi connectivity index (χ0) is 24.4. The first-order valence-electron chi connectivity index (χ1n) is 11.9. The van der Waals surface area contributed by atoms with Crippen molar-refractivity contribution in [1.29, 1.82) is 0 Å². The lowest BCUT2D eigenvalue weighted by Gasteiger charge is -2.21. The summed E-state index contributed by atoms with van der Waals surface area (Å²) in [5.74, 6) is -1.41. The molecule has 0 aromatic rings. The molecule has 2 aliphatic carbocycles. The van der Waals surface area contributed by atoms with Crippen molar-refractivity contribution in [2.75, 3.05) is 6.54 Å². The first kappa shape index (κ1) is 25.7. The Hall–Kier alpha value is -1.94. The summed E-state index contributed by atoms with van der Waals surface area (Å²) < 4.78 is 25.9. The number of allylic oxidation sites excluding steroid dienone is 2. The van der Waals surface area contributed by atoms with Crippen molar-refractivity contribution in [1.82, 2.24) is 9.62 Å². The second-order valence-electron chi connectivity index (χ2n) is 10.4. The van der Waals surface area contributed by atoms with Crippen LogP contribution >= 0.6 is 0 Å². The molecule has 3 aliphatic rings. The average Bonchev–Trinajstić information content (AvgIpc) is 3.59. The van der Waals surface area contributed by atoms with E-state index in [-0.39, 0.29) is 30.2 Å². The van der Waals surface area contributed by atoms with Crippen molar-refractivity contribution in [2.24, 2.45) is 17.1 Å². The fraction of sp³-hybridized carbons (Fsp3) is 0.783. The van der Waals surface area contributed by atoms with E-state index in [1.165, 1.54) is 4.90 Å². The number of unbranched alkanes of at least 4 members (excludes halogenated alkanes) is 4. The number of carbonyl (C=O) groups is 3. The second-order valence-corrected chi connectivity index (χ2v) is 12.6. The Balaban J connectivity index is 1.28. The fourth-order valence-electron chi connectivity index (χ4n) is 4.48. The van der Waals surface area contributed by atoms with Crippen LogP contribution in [0, 0.1) is 11.3 Å². The minimum absolute atomic E-state index is 0.140. The van der Waals surface area contributed by atoms with Gasteiger partial charge in [-0.2, -0.15) is 0 Å². The van der Waals surface area contributed by atoms with Crippen molar-refractivity contribution < 1.29 is 27.9 Å². The average molecular weight is 484 g/mol. The molecule has 1 heterocycles. The van der Waals surface area contributed by atoms with Gasteiger partial charge in [0.2, 0.25) is 27.7 Å². The Kier molecular flexibility index (Phi) is 7.58. The first-order valence-corrected chi connectivity index (χ1v) is 13.4. The molecule has 4 atom stereocenters. The molecule has 3 amide bonds. The van der Waals surface area contributed by atoms with Gasteiger partial charge in [0.05, 0.1) is 10.9 Å². The number of β-amino-alcohol motifs (C(OH)–C–C–N with tert-alkyl or cyclic N) is 1. The number of nitrogens with one attached hydrogen (secondary N) is 1. The predicted octanol–water partition coefficient (Wildman–Crippen LogP) is 1.36. The monoisotopic (exact) mass is 483 g/mol. The fourth-order valence-corrected chi connectivity index (χ4v) is 5.77. The van der Waals surface area contributed by atoms with E-state index in [1.54, 1.807) is 6.92 Å². The number of likely N-dealkylation sites (tertiary alicyclic amines) is 1. The lowest BCUT2D eigenvalue weighted by Crippen LogP contribution is -2.43. The molecule has 0 spiro atoms. The van der Waals surface area contributed by atoms with E-state index < -0.39 is 38.7 Å². The van der Waals surface area contributed by atoms with Gasteiger partial charge in [-0.15, -0.1) is 0 Å². The summed E-state index contributed by atoms with van der Waals surface area (Å²) in [7, 11) is -3.59. The van der Waals surface area contributed by atoms with Gasteiger partial charge in [-0.25, -0.2) is 8.42 Å². The van der Waals surface area contributed by atoms with Crippen LogP contribution in [-0.4, -0.2) is 59.6 Å². The van der Waals surface area contributed by atoms with Crippen molar-refractivity contribution in [3.8, 4) is 0 Å². The smallest absolute Gasteiger partial charge is 0.240 e. The number of sulfonamides is 1. The Labute approximate surface area is 196 Å². The van der Waals surface area contributed by atoms with E-state index in [4.69, 9.17) is 5.73 Å². The highest BCUT2D eigenvalue weighted by Crippen LogP contribution is 2.54. The van der Waals surface area contributed by atoms with E-state index in [1.807, 2.05) is 13.0 Å². The third-order valence-corrected chi connectivity index (χ3v) is 9.55. The zero-order valence-electron chi connectivity index (χ0n) is 19.6. The second kappa shape index (κ2) is 9.74. The van der Waals surface area contributed by atoms with E-state index in [0.29, 0.717) is 32.1 Å². The number of aliphatic hydroxyl groups is 1. The highest BCUT2D eigenvalue weighted by Gasteiger charge is 2.56. The SMILES string of the molecule is CC1(C=CCCCCCCC(=O)N2CC(O)CC2C(N)=O)CC1C(=O)NS(=O)(=O)C1(C)CC1. The summed E-state index contributed by atoms with van der Waals surface area (Å²) in [4.78, 5) is 37.5. The molecular formula is C23H37N3O6S. The maximum Gasteiger partial charge on any atom is 0.240 e. The number of primary amides is 1. The van der Waals surface area contributed by atoms with Crippen LogP contribution in [0.5, 0.6) is 0 Å². The molecule has 33 heavy (non-hydrogen) atoms. The summed E-state index contributed by atoms with van der Waals surface area (Å²) >= 11 is 0. The van der Waals surface area contributed by atoms with Crippen LogP contribution in [0.1, 0.15) is 78.1 Å². The topological polar surface area (TPSA) is 147 Å². The van der Waals surface area contributed by atoms with E-state index in [0.717, 1.165) is 25.7 Å². The summed E-state index contributed by atoms with van der Waals surface area (Å²) in [6, 6.07) is -0.704. The highest BCUT2D eigenvalue weighted by atomic mass is 32.2. The Bertz CT molecular complexity index is 913. The van der Waals surface area contributed by atoms with Gasteiger partial charge in [0.1, 0.15) is 6.04 Å². The highest BCUT2D eigenvalue weighted by molar-refractivity contribution is 7.91. The number of hydrogen-bond donors (Lipinski definition) is 3. The van der Waals surface area contributed by atoms with Crippen LogP contribution in [0.4, 0.5) is 0 Å². The number of rotatable bonds is 12. The Morgan fingerprint density at radius 3 is 2.45 bits per heavy atom. The number of carbonyl (C=O) groups excluding carboxylic acids is 3. The van der Waals surface area contributed by atoms with Gasteiger partial charge in [-0.3, -0.25) is 19.1 Å². The van der Waals surface area contributed by atoms with Crippen LogP contribution in [-0.2, 0) is 24.4 Å². The standard InChI is InChI=1S/C23H37N3O6S/c1-22(14-17(22)21(30)25-33(31,32)23(2)11-12-23)10-8-6-4-3-5-7-9-19(28)26-15-16(27)13-18(26)20(24)29/h8,10,16-18,27H,3-7,9,11-15H2,1-2H3,(H2,24,29)(H,25,30). The molecule has 9 nitrogen and oxygen atoms in total. The molecule has 1 aliphatic heterocycles. The molecule has 186 valence electrons. The molecule has 3 fully saturated rings. The van der Waals surface area contributed by atoms with Crippen LogP contribution in [0.2, 0.25) is 0 Å². The molecule has 0 radical (unpaired) electrons. The largest absolute Gasteiger partial charge is 0.391 e. The lowest BCUT2D eigenvalue weighted by atomic mass is 10.0. The minimum Gasteiger partial charge on any atom is -0.391 e. The van der Waals surface area contributed by atoms with E-state index >= 15 is 0 Å². The van der Waals surface area contributed by atoms with Gasteiger partial charge in [0.15, 0.2) is 0 Å². The molecule has 10 heteroatoms. The van der Waals surface area contributed by atoms with Gasteiger partial charge in [0, 0.05) is 25.3 Å². The number of amides is 3. The van der Waals surface area contributed by atoms with Gasteiger partial charge in [-0.1, -0.05) is 31.9 Å². The molecule has 4 unspecified atom stereocenters. The van der Waals surface area contributed by atoms with E-state index in [2.05, 4.69) is 10.8 Å². The Morgan fingerprint density at radius 2 is 1.82 bits per heavy atom. The number of nitrogens with two attached hydrogens (primary N) is 1. The number of nitrogens with zero attached hydrogens (tertiary/aromatic N) is 1. The molecule has 3 rings (SSSR count). The Morgan fingerprint density at radius 1 is 1.15 bits per heavy atom. The van der Waals surface area contributed by atoms with Gasteiger partial charge in [0.25, 0.3) is 0 Å². The third-order valence-electron chi connectivity index (χ3n) is 7.37. The third kappa shape index (κ3) is 6.15. The molecule has 2 saturated carbocycles. The van der Waals surface area contributed by atoms with Crippen LogP contribution in [0.15, 0.2) is 12.2 Å². The molecular weight excluding hydrogens is 446 g/mol. The van der Waals surface area contributed by atoms with Crippen LogP contribution in [0.3, 0.4) is 0 Å². The maximum atomic E-state index is 12.3.